The Balaban J connectivity index is 1.64. The Hall–Kier alpha value is -4.15. The molecule has 0 saturated carbocycles. The van der Waals surface area contributed by atoms with E-state index in [4.69, 9.17) is 17.7 Å². The molecule has 2 aliphatic rings. The third kappa shape index (κ3) is 13.5. The van der Waals surface area contributed by atoms with Gasteiger partial charge in [0.05, 0.1) is 36.2 Å². The third-order valence-electron chi connectivity index (χ3n) is 20.4. The van der Waals surface area contributed by atoms with Gasteiger partial charge in [0.15, 0.2) is 33.3 Å². The molecule has 16 heteroatoms. The topological polar surface area (TPSA) is 112 Å². The first-order valence-corrected chi connectivity index (χ1v) is 45.2. The highest BCUT2D eigenvalue weighted by molar-refractivity contribution is 7.89. The molecular weight excluding hydrogens is 1170 g/mol. The van der Waals surface area contributed by atoms with E-state index in [9.17, 15) is 0 Å². The van der Waals surface area contributed by atoms with Gasteiger partial charge in [-0.05, 0) is 189 Å². The number of rotatable bonds is 19. The van der Waals surface area contributed by atoms with Gasteiger partial charge in [-0.15, -0.1) is 0 Å². The van der Waals surface area contributed by atoms with Crippen LogP contribution < -0.4 is 0 Å². The average molecular weight is 1270 g/mol. The van der Waals surface area contributed by atoms with Gasteiger partial charge in [-0.25, -0.2) is 16.8 Å². The van der Waals surface area contributed by atoms with Crippen LogP contribution in [-0.2, 0) is 90.4 Å². The third-order valence-corrected chi connectivity index (χ3v) is 42.0. The molecule has 0 aromatic heterocycles. The molecule has 0 fully saturated rings. The summed E-state index contributed by atoms with van der Waals surface area (Å²) in [6.07, 6.45) is 0. The maximum Gasteiger partial charge on any atom is 0.243 e. The highest BCUT2D eigenvalue weighted by atomic mass is 32.2. The molecule has 6 aromatic rings. The molecule has 0 spiro atoms. The van der Waals surface area contributed by atoms with Gasteiger partial charge in [-0.1, -0.05) is 179 Å². The van der Waals surface area contributed by atoms with Crippen LogP contribution in [-0.4, -0.2) is 58.7 Å². The summed E-state index contributed by atoms with van der Waals surface area (Å²) >= 11 is 0. The first kappa shape index (κ1) is 67.8. The largest absolute Gasteiger partial charge is 0.413 e. The number of hydrogen-bond acceptors (Lipinski definition) is 8. The van der Waals surface area contributed by atoms with Crippen molar-refractivity contribution in [2.45, 2.75) is 232 Å². The van der Waals surface area contributed by atoms with E-state index >= 15 is 16.8 Å². The maximum absolute atomic E-state index is 15.6. The normalized spacial score (nSPS) is 15.4. The number of nitrogens with zero attached hydrogens (tertiary/aromatic N) is 2. The van der Waals surface area contributed by atoms with Crippen molar-refractivity contribution in [3.8, 4) is 33.4 Å². The molecule has 6 aromatic carbocycles. The lowest BCUT2D eigenvalue weighted by atomic mass is 9.77. The van der Waals surface area contributed by atoms with Gasteiger partial charge in [0.2, 0.25) is 20.0 Å². The highest BCUT2D eigenvalue weighted by Gasteiger charge is 2.46. The number of sulfonamides is 2. The number of aryl methyl sites for hydroxylation is 2. The first-order chi connectivity index (χ1) is 39.5. The van der Waals surface area contributed by atoms with Gasteiger partial charge in [0, 0.05) is 26.2 Å². The average Bonchev–Trinajstić information content (AvgIpc) is 1.43. The summed E-state index contributed by atoms with van der Waals surface area (Å²) in [7, 11) is -18.4. The van der Waals surface area contributed by atoms with Crippen molar-refractivity contribution in [3.05, 3.63) is 165 Å². The molecule has 0 N–H and O–H groups in total. The summed E-state index contributed by atoms with van der Waals surface area (Å²) in [4.78, 5) is 0.445. The summed E-state index contributed by atoms with van der Waals surface area (Å²) in [5.74, 6) is 0. The van der Waals surface area contributed by atoms with Crippen LogP contribution in [0.2, 0.25) is 72.5 Å². The summed E-state index contributed by atoms with van der Waals surface area (Å²) in [5, 5.41) is -0.653. The fourth-order valence-corrected chi connectivity index (χ4v) is 17.0. The standard InChI is InChI=1S/C70H100N2O8S2Si4/c1-49-33-37-53(38-34-49)81(73,74)71-41-55-57(43-71)65(61(47-79-85(19,20)69(9,10)11)59(45-77-83(15,16)67(3,4)5)63(55)51-29-25-23-26-30-51)66-58-44-72(82(75,76)54-39-35-50(2)36-40-54)42-56(58)64(52-31-27-24-28-32-52)60(46-78-84(17,18)68(6,7)8)62(66)48-80-86(21,22)70(12,13)14/h23-40H,41-48H2,1-22H3. The highest BCUT2D eigenvalue weighted by Crippen LogP contribution is 2.54. The van der Waals surface area contributed by atoms with E-state index in [-0.39, 0.29) is 82.6 Å². The van der Waals surface area contributed by atoms with Crippen LogP contribution in [0.15, 0.2) is 119 Å². The molecule has 0 amide bonds. The maximum atomic E-state index is 15.6. The van der Waals surface area contributed by atoms with E-state index in [1.807, 2.05) is 50.2 Å². The lowest BCUT2D eigenvalue weighted by Gasteiger charge is -2.39. The number of fused-ring (bicyclic) bond motifs is 2. The minimum absolute atomic E-state index is 0.0517. The van der Waals surface area contributed by atoms with E-state index in [0.29, 0.717) is 0 Å². The second-order valence-electron chi connectivity index (χ2n) is 30.4. The quantitative estimate of drug-likeness (QED) is 0.0737. The summed E-state index contributed by atoms with van der Waals surface area (Å²) in [6, 6.07) is 35.1. The molecule has 0 radical (unpaired) electrons. The van der Waals surface area contributed by atoms with Crippen molar-refractivity contribution >= 4 is 53.3 Å². The first-order valence-electron chi connectivity index (χ1n) is 30.7. The van der Waals surface area contributed by atoms with Crippen molar-refractivity contribution in [2.75, 3.05) is 0 Å². The number of hydrogen-bond donors (Lipinski definition) is 0. The Morgan fingerprint density at radius 2 is 0.570 bits per heavy atom. The van der Waals surface area contributed by atoms with Crippen LogP contribution in [0.5, 0.6) is 0 Å². The predicted octanol–water partition coefficient (Wildman–Crippen LogP) is 18.8. The van der Waals surface area contributed by atoms with E-state index in [1.54, 1.807) is 32.9 Å². The fourth-order valence-electron chi connectivity index (χ4n) is 10.5. The zero-order valence-electron chi connectivity index (χ0n) is 56.0. The Bertz CT molecular complexity index is 3450. The van der Waals surface area contributed by atoms with Crippen LogP contribution in [0, 0.1) is 13.8 Å². The predicted molar refractivity (Wildman–Crippen MR) is 366 cm³/mol. The molecular formula is C70H100N2O8S2Si4. The van der Waals surface area contributed by atoms with Crippen LogP contribution in [0.1, 0.15) is 139 Å². The Labute approximate surface area is 523 Å². The van der Waals surface area contributed by atoms with Gasteiger partial charge < -0.3 is 17.7 Å². The van der Waals surface area contributed by atoms with Crippen LogP contribution in [0.25, 0.3) is 33.4 Å². The minimum Gasteiger partial charge on any atom is -0.413 e. The Kier molecular flexibility index (Phi) is 19.1. The van der Waals surface area contributed by atoms with Crippen LogP contribution in [0.3, 0.4) is 0 Å². The zero-order chi connectivity index (χ0) is 63.8. The van der Waals surface area contributed by atoms with E-state index < -0.39 is 53.3 Å². The molecule has 0 aliphatic carbocycles. The molecule has 0 atom stereocenters. The van der Waals surface area contributed by atoms with Gasteiger partial charge >= 0.3 is 0 Å². The Morgan fingerprint density at radius 3 is 0.802 bits per heavy atom. The molecule has 466 valence electrons. The summed E-state index contributed by atoms with van der Waals surface area (Å²) < 4.78 is 96.0. The second kappa shape index (κ2) is 24.2. The fraction of sp³-hybridized carbons (Fsp3) is 0.486. The van der Waals surface area contributed by atoms with Crippen LogP contribution >= 0.6 is 0 Å². The lowest BCUT2D eigenvalue weighted by molar-refractivity contribution is 0.256. The van der Waals surface area contributed by atoms with E-state index in [0.717, 1.165) is 89.0 Å². The van der Waals surface area contributed by atoms with Crippen molar-refractivity contribution in [3.63, 3.8) is 0 Å². The van der Waals surface area contributed by atoms with Crippen molar-refractivity contribution in [1.29, 1.82) is 0 Å². The smallest absolute Gasteiger partial charge is 0.243 e. The van der Waals surface area contributed by atoms with E-state index in [1.165, 1.54) is 0 Å². The molecule has 0 saturated heterocycles. The van der Waals surface area contributed by atoms with Gasteiger partial charge in [-0.2, -0.15) is 8.61 Å². The molecule has 2 heterocycles. The molecule has 10 nitrogen and oxygen atoms in total. The van der Waals surface area contributed by atoms with Crippen molar-refractivity contribution < 1.29 is 34.5 Å². The Morgan fingerprint density at radius 1 is 0.349 bits per heavy atom. The van der Waals surface area contributed by atoms with Crippen LogP contribution in [0.4, 0.5) is 0 Å². The SMILES string of the molecule is Cc1ccc(S(=O)(=O)N2Cc3c(c(-c4c(CO[Si](C)(C)C(C)(C)C)c(CO[Si](C)(C)C(C)(C)C)c(-c5ccccc5)c5c4CN(S(=O)(=O)c4ccc(C)cc4)C5)c(CO[Si](C)(C)C(C)(C)C)c(CO[Si](C)(C)C(C)(C)C)c3-c3ccccc3)C2)cc1. The molecule has 86 heavy (non-hydrogen) atoms. The van der Waals surface area contributed by atoms with Gasteiger partial charge in [-0.3, -0.25) is 0 Å². The molecule has 8 rings (SSSR count). The monoisotopic (exact) mass is 1270 g/mol. The van der Waals surface area contributed by atoms with Crippen molar-refractivity contribution in [2.24, 2.45) is 0 Å². The number of benzene rings is 6. The lowest BCUT2D eigenvalue weighted by Crippen LogP contribution is -2.41. The minimum atomic E-state index is -4.11. The summed E-state index contributed by atoms with van der Waals surface area (Å²) in [5.41, 5.74) is 14.7. The van der Waals surface area contributed by atoms with Gasteiger partial charge in [0.25, 0.3) is 0 Å². The van der Waals surface area contributed by atoms with Gasteiger partial charge in [0.1, 0.15) is 0 Å². The molecule has 0 bridgehead atoms. The van der Waals surface area contributed by atoms with Crippen molar-refractivity contribution in [1.82, 2.24) is 8.61 Å². The second-order valence-corrected chi connectivity index (χ2v) is 53.5. The molecule has 2 aliphatic heterocycles. The molecule has 0 unspecified atom stereocenters. The summed E-state index contributed by atoms with van der Waals surface area (Å²) in [6.45, 7) is 50.5. The van der Waals surface area contributed by atoms with E-state index in [2.05, 4.69) is 184 Å². The zero-order valence-corrected chi connectivity index (χ0v) is 61.7.